The van der Waals surface area contributed by atoms with Gasteiger partial charge in [-0.2, -0.15) is 4.39 Å². The van der Waals surface area contributed by atoms with Crippen molar-refractivity contribution in [2.75, 3.05) is 67.2 Å². The van der Waals surface area contributed by atoms with Crippen LogP contribution in [0.25, 0.3) is 0 Å². The normalized spacial score (nSPS) is 17.7. The lowest BCUT2D eigenvalue weighted by molar-refractivity contribution is -0.386. The molecule has 2 aromatic rings. The summed E-state index contributed by atoms with van der Waals surface area (Å²) in [4.78, 5) is 25.5. The predicted molar refractivity (Wildman–Crippen MR) is 103 cm³/mol. The average Bonchev–Trinajstić information content (AvgIpc) is 2.74. The maximum Gasteiger partial charge on any atom is 0.327 e. The van der Waals surface area contributed by atoms with E-state index in [9.17, 15) is 14.5 Å². The Bertz CT molecular complexity index is 853. The van der Waals surface area contributed by atoms with Crippen LogP contribution in [0.1, 0.15) is 0 Å². The van der Waals surface area contributed by atoms with Crippen molar-refractivity contribution in [1.82, 2.24) is 9.97 Å². The molecule has 4 rings (SSSR count). The number of nitro groups is 1. The fourth-order valence-electron chi connectivity index (χ4n) is 3.59. The van der Waals surface area contributed by atoms with Crippen molar-refractivity contribution in [3.05, 3.63) is 46.5 Å². The number of aromatic nitrogens is 2. The number of nitrogens with zero attached hydrogens (tertiary/aromatic N) is 6. The minimum atomic E-state index is -0.809. The highest BCUT2D eigenvalue weighted by Crippen LogP contribution is 2.32. The number of piperazine rings is 1. The Labute approximate surface area is 161 Å². The van der Waals surface area contributed by atoms with Crippen molar-refractivity contribution in [2.45, 2.75) is 0 Å². The van der Waals surface area contributed by atoms with E-state index in [2.05, 4.69) is 19.8 Å². The largest absolute Gasteiger partial charge is 0.378 e. The molecule has 0 bridgehead atoms. The van der Waals surface area contributed by atoms with Crippen LogP contribution in [0, 0.1) is 15.9 Å². The SMILES string of the molecule is O=[N+]([O-])c1c(F)cccc1N1CCN(c2cc(N3CCOCC3)ncn2)CC1. The second kappa shape index (κ2) is 7.93. The lowest BCUT2D eigenvalue weighted by Crippen LogP contribution is -2.47. The van der Waals surface area contributed by atoms with Crippen molar-refractivity contribution >= 4 is 23.0 Å². The van der Waals surface area contributed by atoms with Crippen molar-refractivity contribution in [3.8, 4) is 0 Å². The molecule has 10 heteroatoms. The zero-order chi connectivity index (χ0) is 19.5. The Morgan fingerprint density at radius 2 is 1.57 bits per heavy atom. The predicted octanol–water partition coefficient (Wildman–Crippen LogP) is 1.69. The van der Waals surface area contributed by atoms with E-state index in [0.29, 0.717) is 45.1 Å². The van der Waals surface area contributed by atoms with Gasteiger partial charge in [0, 0.05) is 45.3 Å². The third-order valence-electron chi connectivity index (χ3n) is 5.07. The average molecular weight is 388 g/mol. The summed E-state index contributed by atoms with van der Waals surface area (Å²) in [6.07, 6.45) is 1.56. The summed E-state index contributed by atoms with van der Waals surface area (Å²) in [6, 6.07) is 6.18. The third-order valence-corrected chi connectivity index (χ3v) is 5.07. The van der Waals surface area contributed by atoms with E-state index in [1.807, 2.05) is 11.0 Å². The first kappa shape index (κ1) is 18.4. The molecule has 0 N–H and O–H groups in total. The molecule has 1 aromatic heterocycles. The molecule has 0 amide bonds. The Hall–Kier alpha value is -3.01. The Balaban J connectivity index is 1.46. The summed E-state index contributed by atoms with van der Waals surface area (Å²) < 4.78 is 19.3. The molecule has 0 spiro atoms. The molecular weight excluding hydrogens is 367 g/mol. The van der Waals surface area contributed by atoms with Crippen LogP contribution in [0.3, 0.4) is 0 Å². The number of nitro benzene ring substituents is 1. The van der Waals surface area contributed by atoms with Gasteiger partial charge in [0.05, 0.1) is 18.1 Å². The van der Waals surface area contributed by atoms with E-state index in [4.69, 9.17) is 4.74 Å². The van der Waals surface area contributed by atoms with Gasteiger partial charge in [0.15, 0.2) is 0 Å². The lowest BCUT2D eigenvalue weighted by Gasteiger charge is -2.36. The molecule has 2 aliphatic rings. The van der Waals surface area contributed by atoms with Gasteiger partial charge in [-0.15, -0.1) is 0 Å². The topological polar surface area (TPSA) is 87.9 Å². The number of morpholine rings is 1. The van der Waals surface area contributed by atoms with Gasteiger partial charge in [0.1, 0.15) is 23.7 Å². The standard InChI is InChI=1S/C18H21FN6O3/c19-14-2-1-3-15(18(14)25(26)27)22-4-6-23(7-5-22)16-12-17(21-13-20-16)24-8-10-28-11-9-24/h1-3,12-13H,4-11H2. The van der Waals surface area contributed by atoms with Crippen molar-refractivity contribution in [3.63, 3.8) is 0 Å². The van der Waals surface area contributed by atoms with Crippen LogP contribution in [0.15, 0.2) is 30.6 Å². The third kappa shape index (κ3) is 3.68. The summed E-state index contributed by atoms with van der Waals surface area (Å²) in [6.45, 7) is 5.32. The van der Waals surface area contributed by atoms with E-state index in [1.165, 1.54) is 6.07 Å². The molecule has 148 valence electrons. The van der Waals surface area contributed by atoms with E-state index < -0.39 is 16.4 Å². The second-order valence-electron chi connectivity index (χ2n) is 6.67. The number of para-hydroxylation sites is 1. The summed E-state index contributed by atoms with van der Waals surface area (Å²) in [5.41, 5.74) is -0.145. The first-order chi connectivity index (χ1) is 13.6. The first-order valence-electron chi connectivity index (χ1n) is 9.21. The van der Waals surface area contributed by atoms with E-state index in [-0.39, 0.29) is 0 Å². The van der Waals surface area contributed by atoms with E-state index in [0.717, 1.165) is 30.8 Å². The van der Waals surface area contributed by atoms with Gasteiger partial charge >= 0.3 is 5.69 Å². The minimum absolute atomic E-state index is 0.321. The minimum Gasteiger partial charge on any atom is -0.378 e. The van der Waals surface area contributed by atoms with Gasteiger partial charge in [-0.25, -0.2) is 9.97 Å². The van der Waals surface area contributed by atoms with Crippen LogP contribution >= 0.6 is 0 Å². The smallest absolute Gasteiger partial charge is 0.327 e. The Kier molecular flexibility index (Phi) is 5.20. The summed E-state index contributed by atoms with van der Waals surface area (Å²) in [5.74, 6) is 0.886. The van der Waals surface area contributed by atoms with Crippen LogP contribution in [0.5, 0.6) is 0 Å². The highest BCUT2D eigenvalue weighted by atomic mass is 19.1. The number of halogens is 1. The van der Waals surface area contributed by atoms with Crippen molar-refractivity contribution < 1.29 is 14.1 Å². The number of ether oxygens (including phenoxy) is 1. The molecule has 2 fully saturated rings. The fourth-order valence-corrected chi connectivity index (χ4v) is 3.59. The molecule has 0 radical (unpaired) electrons. The maximum absolute atomic E-state index is 13.9. The number of hydrogen-bond donors (Lipinski definition) is 0. The highest BCUT2D eigenvalue weighted by molar-refractivity contribution is 5.64. The van der Waals surface area contributed by atoms with E-state index >= 15 is 0 Å². The van der Waals surface area contributed by atoms with Gasteiger partial charge < -0.3 is 19.4 Å². The Morgan fingerprint density at radius 1 is 0.964 bits per heavy atom. The van der Waals surface area contributed by atoms with Gasteiger partial charge in [-0.05, 0) is 12.1 Å². The van der Waals surface area contributed by atoms with Crippen LogP contribution in [-0.2, 0) is 4.74 Å². The van der Waals surface area contributed by atoms with Crippen molar-refractivity contribution in [1.29, 1.82) is 0 Å². The van der Waals surface area contributed by atoms with Gasteiger partial charge in [-0.1, -0.05) is 6.07 Å². The zero-order valence-corrected chi connectivity index (χ0v) is 15.3. The summed E-state index contributed by atoms with van der Waals surface area (Å²) >= 11 is 0. The zero-order valence-electron chi connectivity index (χ0n) is 15.3. The van der Waals surface area contributed by atoms with Crippen LogP contribution < -0.4 is 14.7 Å². The number of rotatable bonds is 4. The molecule has 0 atom stereocenters. The molecule has 0 unspecified atom stereocenters. The lowest BCUT2D eigenvalue weighted by atomic mass is 10.2. The Morgan fingerprint density at radius 3 is 2.21 bits per heavy atom. The summed E-state index contributed by atoms with van der Waals surface area (Å²) in [7, 11) is 0. The molecule has 2 aliphatic heterocycles. The molecule has 0 aliphatic carbocycles. The highest BCUT2D eigenvalue weighted by Gasteiger charge is 2.27. The quantitative estimate of drug-likeness (QED) is 0.578. The molecule has 0 saturated carbocycles. The molecule has 2 saturated heterocycles. The van der Waals surface area contributed by atoms with Crippen LogP contribution in [-0.4, -0.2) is 67.4 Å². The fraction of sp³-hybridized carbons (Fsp3) is 0.444. The number of benzene rings is 1. The number of anilines is 3. The molecule has 1 aromatic carbocycles. The first-order valence-corrected chi connectivity index (χ1v) is 9.21. The summed E-state index contributed by atoms with van der Waals surface area (Å²) in [5, 5.41) is 11.3. The van der Waals surface area contributed by atoms with E-state index in [1.54, 1.807) is 12.4 Å². The van der Waals surface area contributed by atoms with Crippen LogP contribution in [0.4, 0.5) is 27.4 Å². The van der Waals surface area contributed by atoms with Crippen molar-refractivity contribution in [2.24, 2.45) is 0 Å². The molecule has 3 heterocycles. The van der Waals surface area contributed by atoms with Crippen LogP contribution in [0.2, 0.25) is 0 Å². The molecule has 28 heavy (non-hydrogen) atoms. The monoisotopic (exact) mass is 388 g/mol. The van der Waals surface area contributed by atoms with Gasteiger partial charge in [0.25, 0.3) is 0 Å². The second-order valence-corrected chi connectivity index (χ2v) is 6.67. The number of hydrogen-bond acceptors (Lipinski definition) is 8. The maximum atomic E-state index is 13.9. The van der Waals surface area contributed by atoms with Gasteiger partial charge in [-0.3, -0.25) is 10.1 Å². The molecule has 9 nitrogen and oxygen atoms in total. The van der Waals surface area contributed by atoms with Gasteiger partial charge in [0.2, 0.25) is 5.82 Å². The molecular formula is C18H21FN6O3.